The van der Waals surface area contributed by atoms with Gasteiger partial charge in [0.1, 0.15) is 0 Å². The second-order valence-electron chi connectivity index (χ2n) is 5.34. The number of hydrogen-bond donors (Lipinski definition) is 0. The second kappa shape index (κ2) is 6.95. The number of methoxy groups -OCH3 is 1. The Morgan fingerprint density at radius 1 is 1.26 bits per heavy atom. The van der Waals surface area contributed by atoms with Gasteiger partial charge in [0.25, 0.3) is 0 Å². The lowest BCUT2D eigenvalue weighted by atomic mass is 10.1. The van der Waals surface area contributed by atoms with Crippen molar-refractivity contribution in [2.45, 2.75) is 19.3 Å². The number of allylic oxidation sites excluding steroid dienone is 1. The van der Waals surface area contributed by atoms with E-state index in [1.54, 1.807) is 6.20 Å². The van der Waals surface area contributed by atoms with Gasteiger partial charge in [-0.25, -0.2) is 4.79 Å². The van der Waals surface area contributed by atoms with Gasteiger partial charge in [-0.2, -0.15) is 0 Å². The third-order valence-corrected chi connectivity index (χ3v) is 3.93. The van der Waals surface area contributed by atoms with Crippen LogP contribution >= 0.6 is 0 Å². The van der Waals surface area contributed by atoms with Crippen molar-refractivity contribution in [2.75, 3.05) is 7.11 Å². The normalized spacial score (nSPS) is 10.5. The molecule has 0 fully saturated rings. The fourth-order valence-electron chi connectivity index (χ4n) is 2.79. The van der Waals surface area contributed by atoms with Crippen molar-refractivity contribution < 1.29 is 9.53 Å². The van der Waals surface area contributed by atoms with Gasteiger partial charge in [0, 0.05) is 24.2 Å². The zero-order chi connectivity index (χ0) is 16.1. The molecule has 0 radical (unpaired) electrons. The van der Waals surface area contributed by atoms with Crippen molar-refractivity contribution in [1.29, 1.82) is 0 Å². The molecule has 2 aromatic heterocycles. The molecule has 0 aliphatic heterocycles. The fraction of sp³-hybridized carbons (Fsp3) is 0.211. The molecular weight excluding hydrogens is 288 g/mol. The summed E-state index contributed by atoms with van der Waals surface area (Å²) in [6.07, 6.45) is 8.11. The molecule has 0 amide bonds. The Balaban J connectivity index is 1.91. The van der Waals surface area contributed by atoms with E-state index in [1.165, 1.54) is 18.1 Å². The zero-order valence-electron chi connectivity index (χ0n) is 13.0. The number of hydrogen-bond acceptors (Lipinski definition) is 3. The molecule has 0 spiro atoms. The van der Waals surface area contributed by atoms with E-state index in [2.05, 4.69) is 27.9 Å². The number of carbonyl (C=O) groups excluding carboxylic acids is 1. The minimum atomic E-state index is 0.376. The molecule has 4 nitrogen and oxygen atoms in total. The Bertz CT molecular complexity index is 846. The summed E-state index contributed by atoms with van der Waals surface area (Å²) in [5.41, 5.74) is 3.46. The van der Waals surface area contributed by atoms with Crippen molar-refractivity contribution in [3.63, 3.8) is 0 Å². The summed E-state index contributed by atoms with van der Waals surface area (Å²) >= 11 is 0. The van der Waals surface area contributed by atoms with Crippen molar-refractivity contribution in [3.8, 4) is 5.69 Å². The molecule has 0 saturated heterocycles. The van der Waals surface area contributed by atoms with Crippen LogP contribution < -0.4 is 0 Å². The highest BCUT2D eigenvalue weighted by molar-refractivity contribution is 5.85. The molecule has 1 aromatic carbocycles. The number of nitrogens with zero attached hydrogens (tertiary/aromatic N) is 2. The van der Waals surface area contributed by atoms with Gasteiger partial charge in [-0.1, -0.05) is 18.2 Å². The van der Waals surface area contributed by atoms with E-state index in [-0.39, 0.29) is 0 Å². The maximum Gasteiger partial charge on any atom is 0.179 e. The lowest BCUT2D eigenvalue weighted by molar-refractivity contribution is 0.278. The van der Waals surface area contributed by atoms with Gasteiger partial charge in [-0.05, 0) is 36.6 Å². The SMILES string of the molecule is COC(=C=O)CCCc1cn(-c2cccnc2)c2ccccc12. The lowest BCUT2D eigenvalue weighted by Gasteiger charge is -2.03. The van der Waals surface area contributed by atoms with Crippen molar-refractivity contribution in [1.82, 2.24) is 9.55 Å². The molecule has 0 saturated carbocycles. The fourth-order valence-corrected chi connectivity index (χ4v) is 2.79. The maximum absolute atomic E-state index is 10.7. The first-order valence-corrected chi connectivity index (χ1v) is 7.61. The van der Waals surface area contributed by atoms with Gasteiger partial charge in [0.05, 0.1) is 24.5 Å². The number of para-hydroxylation sites is 1. The monoisotopic (exact) mass is 306 g/mol. The molecule has 116 valence electrons. The van der Waals surface area contributed by atoms with Crippen LogP contribution in [0.15, 0.2) is 60.7 Å². The highest BCUT2D eigenvalue weighted by atomic mass is 16.5. The van der Waals surface area contributed by atoms with E-state index in [0.717, 1.165) is 24.0 Å². The quantitative estimate of drug-likeness (QED) is 0.515. The molecule has 0 aliphatic carbocycles. The van der Waals surface area contributed by atoms with Gasteiger partial charge in [0.2, 0.25) is 0 Å². The molecule has 3 aromatic rings. The van der Waals surface area contributed by atoms with Gasteiger partial charge >= 0.3 is 0 Å². The predicted octanol–water partition coefficient (Wildman–Crippen LogP) is 3.71. The molecule has 0 atom stereocenters. The summed E-state index contributed by atoms with van der Waals surface area (Å²) < 4.78 is 7.14. The average molecular weight is 306 g/mol. The number of rotatable bonds is 6. The van der Waals surface area contributed by atoms with Crippen LogP contribution in [-0.4, -0.2) is 22.6 Å². The average Bonchev–Trinajstić information content (AvgIpc) is 2.98. The number of aryl methyl sites for hydroxylation is 1. The Morgan fingerprint density at radius 2 is 2.13 bits per heavy atom. The van der Waals surface area contributed by atoms with E-state index >= 15 is 0 Å². The minimum Gasteiger partial charge on any atom is -0.490 e. The Labute approximate surface area is 135 Å². The molecule has 3 rings (SSSR count). The standard InChI is InChI=1S/C19H18N2O2/c1-23-17(14-22)8-4-6-15-13-21(16-7-5-11-20-12-16)19-10-3-2-9-18(15)19/h2-3,5,7,9-13H,4,6,8H2,1H3. The Hall–Kier alpha value is -2.84. The summed E-state index contributed by atoms with van der Waals surface area (Å²) in [6.45, 7) is 0. The number of ether oxygens (including phenoxy) is 1. The molecule has 0 N–H and O–H groups in total. The summed E-state index contributed by atoms with van der Waals surface area (Å²) in [5, 5.41) is 1.23. The smallest absolute Gasteiger partial charge is 0.179 e. The predicted molar refractivity (Wildman–Crippen MR) is 90.2 cm³/mol. The molecule has 0 bridgehead atoms. The van der Waals surface area contributed by atoms with Gasteiger partial charge < -0.3 is 9.30 Å². The van der Waals surface area contributed by atoms with Gasteiger partial charge in [-0.3, -0.25) is 4.98 Å². The van der Waals surface area contributed by atoms with Gasteiger partial charge in [-0.15, -0.1) is 0 Å². The van der Waals surface area contributed by atoms with Crippen LogP contribution in [0.3, 0.4) is 0 Å². The van der Waals surface area contributed by atoms with Crippen molar-refractivity contribution in [3.05, 3.63) is 66.3 Å². The number of aromatic nitrogens is 2. The van der Waals surface area contributed by atoms with E-state index in [9.17, 15) is 4.79 Å². The van der Waals surface area contributed by atoms with Crippen LogP contribution in [-0.2, 0) is 16.0 Å². The molecule has 0 unspecified atom stereocenters. The first-order valence-electron chi connectivity index (χ1n) is 7.61. The molecular formula is C19H18N2O2. The van der Waals surface area contributed by atoms with Crippen LogP contribution in [0.1, 0.15) is 18.4 Å². The van der Waals surface area contributed by atoms with E-state index in [4.69, 9.17) is 4.74 Å². The third-order valence-electron chi connectivity index (χ3n) is 3.93. The molecule has 2 heterocycles. The van der Waals surface area contributed by atoms with Crippen molar-refractivity contribution in [2.24, 2.45) is 0 Å². The number of pyridine rings is 1. The summed E-state index contributed by atoms with van der Waals surface area (Å²) in [6, 6.07) is 12.3. The summed E-state index contributed by atoms with van der Waals surface area (Å²) in [7, 11) is 1.51. The zero-order valence-corrected chi connectivity index (χ0v) is 13.0. The van der Waals surface area contributed by atoms with E-state index in [1.807, 2.05) is 36.4 Å². The largest absolute Gasteiger partial charge is 0.490 e. The van der Waals surface area contributed by atoms with Crippen molar-refractivity contribution >= 4 is 16.8 Å². The summed E-state index contributed by atoms with van der Waals surface area (Å²) in [4.78, 5) is 14.9. The van der Waals surface area contributed by atoms with E-state index < -0.39 is 0 Å². The number of benzene rings is 1. The molecule has 0 aliphatic rings. The topological polar surface area (TPSA) is 44.1 Å². The van der Waals surface area contributed by atoms with Crippen LogP contribution in [0.2, 0.25) is 0 Å². The Morgan fingerprint density at radius 3 is 2.87 bits per heavy atom. The molecule has 23 heavy (non-hydrogen) atoms. The minimum absolute atomic E-state index is 0.376. The maximum atomic E-state index is 10.7. The Kier molecular flexibility index (Phi) is 4.55. The number of fused-ring (bicyclic) bond motifs is 1. The highest BCUT2D eigenvalue weighted by Crippen LogP contribution is 2.26. The van der Waals surface area contributed by atoms with Gasteiger partial charge in [0.15, 0.2) is 11.7 Å². The first-order chi connectivity index (χ1) is 11.3. The van der Waals surface area contributed by atoms with Crippen LogP contribution in [0.5, 0.6) is 0 Å². The molecule has 4 heteroatoms. The lowest BCUT2D eigenvalue weighted by Crippen LogP contribution is -1.92. The van der Waals surface area contributed by atoms with Crippen LogP contribution in [0.4, 0.5) is 0 Å². The van der Waals surface area contributed by atoms with E-state index in [0.29, 0.717) is 12.2 Å². The summed E-state index contributed by atoms with van der Waals surface area (Å²) in [5.74, 6) is 2.21. The highest BCUT2D eigenvalue weighted by Gasteiger charge is 2.10. The van der Waals surface area contributed by atoms with Crippen LogP contribution in [0.25, 0.3) is 16.6 Å². The van der Waals surface area contributed by atoms with Crippen LogP contribution in [0, 0.1) is 0 Å². The third kappa shape index (κ3) is 3.17. The first kappa shape index (κ1) is 15.1. The second-order valence-corrected chi connectivity index (χ2v) is 5.34.